The minimum atomic E-state index is -0.546. The Labute approximate surface area is 165 Å². The number of ether oxygens (including phenoxy) is 1. The zero-order chi connectivity index (χ0) is 20.4. The van der Waals surface area contributed by atoms with Crippen molar-refractivity contribution in [1.29, 1.82) is 0 Å². The maximum absolute atomic E-state index is 12.6. The second-order valence-electron chi connectivity index (χ2n) is 6.16. The number of amides is 1. The molecule has 2 heterocycles. The number of benzene rings is 1. The maximum atomic E-state index is 12.6. The average Bonchev–Trinajstić information content (AvgIpc) is 3.02. The third-order valence-electron chi connectivity index (χ3n) is 4.32. The van der Waals surface area contributed by atoms with Crippen LogP contribution >= 0.6 is 11.6 Å². The normalized spacial score (nSPS) is 11.0. The molecule has 0 radical (unpaired) electrons. The van der Waals surface area contributed by atoms with Crippen LogP contribution in [0.3, 0.4) is 0 Å². The van der Waals surface area contributed by atoms with Gasteiger partial charge in [0, 0.05) is 25.7 Å². The Bertz CT molecular complexity index is 1160. The summed E-state index contributed by atoms with van der Waals surface area (Å²) in [6, 6.07) is 7.29. The lowest BCUT2D eigenvalue weighted by Gasteiger charge is -2.10. The van der Waals surface area contributed by atoms with E-state index in [0.29, 0.717) is 11.6 Å². The zero-order valence-electron chi connectivity index (χ0n) is 15.7. The van der Waals surface area contributed by atoms with E-state index in [1.807, 2.05) is 12.1 Å². The van der Waals surface area contributed by atoms with Crippen LogP contribution in [0.5, 0.6) is 6.01 Å². The molecule has 0 aliphatic rings. The Balaban J connectivity index is 1.96. The van der Waals surface area contributed by atoms with E-state index < -0.39 is 11.2 Å². The summed E-state index contributed by atoms with van der Waals surface area (Å²) < 4.78 is 9.08. The molecule has 28 heavy (non-hydrogen) atoms. The molecule has 0 unspecified atom stereocenters. The van der Waals surface area contributed by atoms with Gasteiger partial charge in [-0.3, -0.25) is 23.3 Å². The first-order chi connectivity index (χ1) is 13.3. The maximum Gasteiger partial charge on any atom is 0.332 e. The van der Waals surface area contributed by atoms with E-state index in [4.69, 9.17) is 16.3 Å². The molecular formula is C18H20ClN5O4. The molecule has 148 valence electrons. The summed E-state index contributed by atoms with van der Waals surface area (Å²) in [5.41, 5.74) is 0.0107. The minimum absolute atomic E-state index is 0.101. The fraction of sp³-hybridized carbons (Fsp3) is 0.333. The third-order valence-corrected chi connectivity index (χ3v) is 4.69. The summed E-state index contributed by atoms with van der Waals surface area (Å²) in [6.45, 7) is 2.10. The van der Waals surface area contributed by atoms with Gasteiger partial charge in [0.05, 0.1) is 6.61 Å². The van der Waals surface area contributed by atoms with Gasteiger partial charge in [-0.15, -0.1) is 0 Å². The van der Waals surface area contributed by atoms with Crippen molar-refractivity contribution in [1.82, 2.24) is 24.0 Å². The van der Waals surface area contributed by atoms with E-state index in [2.05, 4.69) is 10.3 Å². The molecular weight excluding hydrogens is 386 g/mol. The van der Waals surface area contributed by atoms with Crippen molar-refractivity contribution >= 4 is 28.7 Å². The van der Waals surface area contributed by atoms with Gasteiger partial charge in [0.1, 0.15) is 6.54 Å². The van der Waals surface area contributed by atoms with Gasteiger partial charge in [-0.25, -0.2) is 4.79 Å². The number of aromatic nitrogens is 4. The first-order valence-electron chi connectivity index (χ1n) is 8.64. The number of fused-ring (bicyclic) bond motifs is 1. The zero-order valence-corrected chi connectivity index (χ0v) is 16.5. The van der Waals surface area contributed by atoms with Crippen LogP contribution in [0.1, 0.15) is 12.5 Å². The number of hydrogen-bond acceptors (Lipinski definition) is 5. The number of aryl methyl sites for hydroxylation is 1. The van der Waals surface area contributed by atoms with Crippen molar-refractivity contribution in [3.05, 3.63) is 55.7 Å². The van der Waals surface area contributed by atoms with Gasteiger partial charge in [0.15, 0.2) is 11.2 Å². The highest BCUT2D eigenvalue weighted by Gasteiger charge is 2.21. The van der Waals surface area contributed by atoms with Crippen molar-refractivity contribution in [2.45, 2.75) is 20.0 Å². The topological polar surface area (TPSA) is 100 Å². The molecule has 0 saturated heterocycles. The molecule has 1 N–H and O–H groups in total. The Morgan fingerprint density at radius 2 is 1.93 bits per heavy atom. The molecule has 0 fully saturated rings. The van der Waals surface area contributed by atoms with E-state index in [1.165, 1.54) is 23.2 Å². The Morgan fingerprint density at radius 3 is 2.61 bits per heavy atom. The molecule has 0 aliphatic heterocycles. The molecule has 0 atom stereocenters. The number of halogens is 1. The van der Waals surface area contributed by atoms with Gasteiger partial charge in [0.25, 0.3) is 11.6 Å². The van der Waals surface area contributed by atoms with Gasteiger partial charge in [0.2, 0.25) is 5.91 Å². The molecule has 2 aromatic heterocycles. The molecule has 0 bridgehead atoms. The minimum Gasteiger partial charge on any atom is -0.465 e. The molecule has 3 aromatic rings. The van der Waals surface area contributed by atoms with Crippen LogP contribution in [-0.4, -0.2) is 31.2 Å². The molecule has 1 amide bonds. The third kappa shape index (κ3) is 3.53. The van der Waals surface area contributed by atoms with Crippen LogP contribution in [0.4, 0.5) is 0 Å². The Hall–Kier alpha value is -3.07. The summed E-state index contributed by atoms with van der Waals surface area (Å²) in [5, 5.41) is 3.32. The van der Waals surface area contributed by atoms with Crippen LogP contribution in [0.15, 0.2) is 33.9 Å². The van der Waals surface area contributed by atoms with E-state index in [-0.39, 0.29) is 36.2 Å². The summed E-state index contributed by atoms with van der Waals surface area (Å²) >= 11 is 6.10. The van der Waals surface area contributed by atoms with Crippen molar-refractivity contribution in [3.63, 3.8) is 0 Å². The second kappa shape index (κ2) is 7.89. The van der Waals surface area contributed by atoms with Gasteiger partial charge in [-0.1, -0.05) is 29.8 Å². The fourth-order valence-electron chi connectivity index (χ4n) is 2.85. The Kier molecular flexibility index (Phi) is 5.55. The molecule has 3 rings (SSSR count). The van der Waals surface area contributed by atoms with Crippen molar-refractivity contribution < 1.29 is 9.53 Å². The predicted octanol–water partition coefficient (Wildman–Crippen LogP) is 0.802. The fourth-order valence-corrected chi connectivity index (χ4v) is 3.05. The molecule has 0 aliphatic carbocycles. The van der Waals surface area contributed by atoms with Gasteiger partial charge < -0.3 is 10.1 Å². The summed E-state index contributed by atoms with van der Waals surface area (Å²) in [5.74, 6) is -0.351. The standard InChI is InChI=1S/C18H20ClN5O4/c1-4-28-17-21-15-14(16(26)23(3)18(27)22(15)2)24(17)10-13(25)20-9-11-7-5-6-8-12(11)19/h5-8H,4,9-10H2,1-3H3,(H,20,25). The number of imidazole rings is 1. The Morgan fingerprint density at radius 1 is 1.21 bits per heavy atom. The van der Waals surface area contributed by atoms with Gasteiger partial charge in [-0.2, -0.15) is 4.98 Å². The molecule has 0 saturated carbocycles. The quantitative estimate of drug-likeness (QED) is 0.654. The lowest BCUT2D eigenvalue weighted by atomic mass is 10.2. The first-order valence-corrected chi connectivity index (χ1v) is 9.02. The number of carbonyl (C=O) groups is 1. The average molecular weight is 406 g/mol. The van der Waals surface area contributed by atoms with Gasteiger partial charge >= 0.3 is 5.69 Å². The van der Waals surface area contributed by atoms with E-state index in [0.717, 1.165) is 10.1 Å². The highest BCUT2D eigenvalue weighted by Crippen LogP contribution is 2.18. The largest absolute Gasteiger partial charge is 0.465 e. The molecule has 9 nitrogen and oxygen atoms in total. The number of nitrogens with zero attached hydrogens (tertiary/aromatic N) is 4. The van der Waals surface area contributed by atoms with Crippen LogP contribution in [-0.2, 0) is 32.0 Å². The summed E-state index contributed by atoms with van der Waals surface area (Å²) in [4.78, 5) is 41.5. The van der Waals surface area contributed by atoms with Crippen molar-refractivity contribution in [2.75, 3.05) is 6.61 Å². The van der Waals surface area contributed by atoms with Crippen LogP contribution in [0, 0.1) is 0 Å². The van der Waals surface area contributed by atoms with E-state index >= 15 is 0 Å². The first kappa shape index (κ1) is 19.7. The summed E-state index contributed by atoms with van der Waals surface area (Å²) in [6.07, 6.45) is 0. The SMILES string of the molecule is CCOc1nc2c(c(=O)n(C)c(=O)n2C)n1CC(=O)NCc1ccccc1Cl. The van der Waals surface area contributed by atoms with Crippen LogP contribution < -0.4 is 21.3 Å². The van der Waals surface area contributed by atoms with Crippen molar-refractivity contribution in [3.8, 4) is 6.01 Å². The summed E-state index contributed by atoms with van der Waals surface area (Å²) in [7, 11) is 2.88. The number of nitrogens with one attached hydrogen (secondary N) is 1. The number of carbonyl (C=O) groups excluding carboxylic acids is 1. The van der Waals surface area contributed by atoms with Gasteiger partial charge in [-0.05, 0) is 18.6 Å². The predicted molar refractivity (Wildman–Crippen MR) is 105 cm³/mol. The van der Waals surface area contributed by atoms with Crippen LogP contribution in [0.2, 0.25) is 5.02 Å². The van der Waals surface area contributed by atoms with E-state index in [9.17, 15) is 14.4 Å². The number of rotatable bonds is 6. The number of hydrogen-bond donors (Lipinski definition) is 1. The second-order valence-corrected chi connectivity index (χ2v) is 6.57. The lowest BCUT2D eigenvalue weighted by Crippen LogP contribution is -2.38. The molecule has 0 spiro atoms. The molecule has 1 aromatic carbocycles. The van der Waals surface area contributed by atoms with Crippen LogP contribution in [0.25, 0.3) is 11.2 Å². The monoisotopic (exact) mass is 405 g/mol. The van der Waals surface area contributed by atoms with E-state index in [1.54, 1.807) is 19.1 Å². The van der Waals surface area contributed by atoms with Crippen molar-refractivity contribution in [2.24, 2.45) is 14.1 Å². The molecule has 10 heteroatoms. The highest BCUT2D eigenvalue weighted by atomic mass is 35.5. The smallest absolute Gasteiger partial charge is 0.332 e. The lowest BCUT2D eigenvalue weighted by molar-refractivity contribution is -0.121. The highest BCUT2D eigenvalue weighted by molar-refractivity contribution is 6.31.